The molecule has 0 saturated heterocycles. The lowest BCUT2D eigenvalue weighted by molar-refractivity contribution is 0.258. The summed E-state index contributed by atoms with van der Waals surface area (Å²) in [6, 6.07) is 3.17. The average molecular weight is 422 g/mol. The summed E-state index contributed by atoms with van der Waals surface area (Å²) in [5, 5.41) is 5.19. The van der Waals surface area contributed by atoms with Crippen LogP contribution in [0.5, 0.6) is 5.75 Å². The van der Waals surface area contributed by atoms with Gasteiger partial charge >= 0.3 is 13.2 Å². The van der Waals surface area contributed by atoms with Gasteiger partial charge < -0.3 is 19.8 Å². The lowest BCUT2D eigenvalue weighted by atomic mass is 10.0. The molecule has 0 spiro atoms. The number of methoxy groups -OCH3 is 1. The van der Waals surface area contributed by atoms with E-state index < -0.39 is 13.2 Å². The van der Waals surface area contributed by atoms with Crippen LogP contribution in [0.3, 0.4) is 0 Å². The number of nitroso groups, excluding NO2 is 1. The van der Waals surface area contributed by atoms with Gasteiger partial charge in [0.25, 0.3) is 0 Å². The summed E-state index contributed by atoms with van der Waals surface area (Å²) in [7, 11) is -3.22. The predicted octanol–water partition coefficient (Wildman–Crippen LogP) is 5.20. The topological polar surface area (TPSA) is 125 Å². The molecule has 1 aliphatic rings. The Bertz CT molecular complexity index is 873. The van der Waals surface area contributed by atoms with E-state index in [0.29, 0.717) is 29.5 Å². The van der Waals surface area contributed by atoms with E-state index in [-0.39, 0.29) is 0 Å². The van der Waals surface area contributed by atoms with Gasteiger partial charge in [-0.3, -0.25) is 4.79 Å². The van der Waals surface area contributed by atoms with Crippen LogP contribution in [0.1, 0.15) is 31.4 Å². The number of nitrogens with one attached hydrogen (secondary N) is 1. The Morgan fingerprint density at radius 3 is 2.24 bits per heavy atom. The second-order valence-electron chi connectivity index (χ2n) is 6.76. The molecule has 0 heterocycles. The van der Waals surface area contributed by atoms with Gasteiger partial charge in [-0.2, -0.15) is 0 Å². The van der Waals surface area contributed by atoms with Gasteiger partial charge in [-0.15, -0.1) is 4.91 Å². The van der Waals surface area contributed by atoms with Gasteiger partial charge in [0, 0.05) is 12.1 Å². The van der Waals surface area contributed by atoms with Crippen LogP contribution in [0, 0.1) is 24.7 Å². The van der Waals surface area contributed by atoms with Gasteiger partial charge in [0.2, 0.25) is 0 Å². The van der Waals surface area contributed by atoms with Crippen molar-refractivity contribution in [2.75, 3.05) is 12.4 Å². The second kappa shape index (κ2) is 10.9. The first-order chi connectivity index (χ1) is 13.5. The number of anilines is 1. The van der Waals surface area contributed by atoms with Crippen molar-refractivity contribution in [3.63, 3.8) is 0 Å². The van der Waals surface area contributed by atoms with E-state index >= 15 is 0 Å². The molecule has 0 unspecified atom stereocenters. The van der Waals surface area contributed by atoms with Gasteiger partial charge in [-0.1, -0.05) is 38.2 Å². The molecule has 2 rings (SSSR count). The Morgan fingerprint density at radius 2 is 1.79 bits per heavy atom. The highest BCUT2D eigenvalue weighted by atomic mass is 31.2. The van der Waals surface area contributed by atoms with Crippen molar-refractivity contribution in [2.24, 2.45) is 11.1 Å². The average Bonchev–Trinajstić information content (AvgIpc) is 2.86. The van der Waals surface area contributed by atoms with Crippen molar-refractivity contribution >= 4 is 18.9 Å². The molecule has 1 aromatic rings. The highest BCUT2D eigenvalue weighted by molar-refractivity contribution is 7.70. The minimum Gasteiger partial charge on any atom is -0.496 e. The number of amides is 1. The third-order valence-electron chi connectivity index (χ3n) is 4.08. The largest absolute Gasteiger partial charge is 0.496 e. The number of carbonyl (C=O) groups excluding carboxylic acids is 1. The van der Waals surface area contributed by atoms with Crippen LogP contribution in [0.25, 0.3) is 0 Å². The quantitative estimate of drug-likeness (QED) is 0.442. The molecule has 3 N–H and O–H groups in total. The number of hydrogen-bond donors (Lipinski definition) is 3. The Balaban J connectivity index is 0.000000308. The fourth-order valence-corrected chi connectivity index (χ4v) is 3.06. The summed E-state index contributed by atoms with van der Waals surface area (Å²) < 4.78 is 15.8. The van der Waals surface area contributed by atoms with Crippen molar-refractivity contribution in [1.82, 2.24) is 0 Å². The van der Waals surface area contributed by atoms with Gasteiger partial charge in [-0.05, 0) is 53.8 Å². The molecule has 0 saturated carbocycles. The molecule has 9 heteroatoms. The number of nitrogens with zero attached hydrogens (tertiary/aromatic N) is 1. The van der Waals surface area contributed by atoms with E-state index in [0.717, 1.165) is 16.7 Å². The summed E-state index contributed by atoms with van der Waals surface area (Å²) in [6.07, 6.45) is 8.46. The van der Waals surface area contributed by atoms with E-state index in [1.807, 2.05) is 24.3 Å². The van der Waals surface area contributed by atoms with E-state index in [9.17, 15) is 14.3 Å². The summed E-state index contributed by atoms with van der Waals surface area (Å²) in [6.45, 7) is 7.68. The molecule has 0 radical (unpaired) electrons. The van der Waals surface area contributed by atoms with Crippen LogP contribution in [-0.4, -0.2) is 22.5 Å². The summed E-state index contributed by atoms with van der Waals surface area (Å²) in [4.78, 5) is 38.9. The van der Waals surface area contributed by atoms with Gasteiger partial charge in [0.15, 0.2) is 0 Å². The summed E-state index contributed by atoms with van der Waals surface area (Å²) in [5.41, 5.74) is 2.27. The van der Waals surface area contributed by atoms with Crippen molar-refractivity contribution in [3.05, 3.63) is 63.7 Å². The first kappa shape index (κ1) is 24.5. The van der Waals surface area contributed by atoms with Gasteiger partial charge in [0.1, 0.15) is 5.75 Å². The fraction of sp³-hybridized carbons (Fsp3) is 0.350. The molecule has 0 aromatic heterocycles. The third-order valence-corrected chi connectivity index (χ3v) is 4.72. The zero-order chi connectivity index (χ0) is 22.2. The van der Waals surface area contributed by atoms with Crippen LogP contribution in [-0.2, 0) is 4.57 Å². The zero-order valence-electron chi connectivity index (χ0n) is 17.2. The SMILES string of the molecule is CC(C)C1=C(N=O)CC=CC=C1.COc1c(C)cc(NC(=O)P(=O)(O)O)cc1C. The van der Waals surface area contributed by atoms with Crippen molar-refractivity contribution < 1.29 is 23.9 Å². The lowest BCUT2D eigenvalue weighted by Crippen LogP contribution is -2.10. The van der Waals surface area contributed by atoms with E-state index in [1.54, 1.807) is 26.0 Å². The fourth-order valence-electron chi connectivity index (χ4n) is 2.79. The molecular formula is C20H27N2O6P. The van der Waals surface area contributed by atoms with Crippen molar-refractivity contribution in [3.8, 4) is 5.75 Å². The number of benzene rings is 1. The molecule has 0 atom stereocenters. The maximum Gasteiger partial charge on any atom is 0.413 e. The van der Waals surface area contributed by atoms with Crippen LogP contribution < -0.4 is 10.1 Å². The molecule has 0 fully saturated rings. The smallest absolute Gasteiger partial charge is 0.413 e. The third kappa shape index (κ3) is 7.42. The summed E-state index contributed by atoms with van der Waals surface area (Å²) >= 11 is 0. The first-order valence-corrected chi connectivity index (χ1v) is 10.5. The lowest BCUT2D eigenvalue weighted by Gasteiger charge is -2.12. The molecule has 1 aliphatic carbocycles. The molecule has 29 heavy (non-hydrogen) atoms. The predicted molar refractivity (Wildman–Crippen MR) is 114 cm³/mol. The number of carbonyl (C=O) groups is 1. The molecule has 0 aliphatic heterocycles. The molecule has 1 amide bonds. The second-order valence-corrected chi connectivity index (χ2v) is 8.25. The highest BCUT2D eigenvalue weighted by Gasteiger charge is 2.25. The minimum absolute atomic E-state index is 0.328. The van der Waals surface area contributed by atoms with Crippen molar-refractivity contribution in [1.29, 1.82) is 0 Å². The Kier molecular flexibility index (Phi) is 9.17. The number of rotatable bonds is 5. The minimum atomic E-state index is -4.75. The molecule has 0 bridgehead atoms. The molecule has 8 nitrogen and oxygen atoms in total. The van der Waals surface area contributed by atoms with Crippen molar-refractivity contribution in [2.45, 2.75) is 34.1 Å². The standard InChI is InChI=1S/C10H14NO5P.C10H13NO/c1-6-4-8(5-7(2)9(6)16-3)11-10(12)17(13,14)15;1-8(2)9-6-4-3-5-7-10(9)11-12/h4-5H,1-3H3,(H,11,12)(H2,13,14,15);3-6,8H,7H2,1-2H3. The first-order valence-electron chi connectivity index (χ1n) is 8.93. The summed E-state index contributed by atoms with van der Waals surface area (Å²) in [5.74, 6) is 1.05. The van der Waals surface area contributed by atoms with Gasteiger partial charge in [-0.25, -0.2) is 4.57 Å². The van der Waals surface area contributed by atoms with Crippen LogP contribution in [0.2, 0.25) is 0 Å². The van der Waals surface area contributed by atoms with Gasteiger partial charge in [0.05, 0.1) is 12.8 Å². The van der Waals surface area contributed by atoms with E-state index in [4.69, 9.17) is 14.5 Å². The monoisotopic (exact) mass is 422 g/mol. The maximum atomic E-state index is 11.1. The van der Waals surface area contributed by atoms with Crippen LogP contribution >= 0.6 is 7.60 Å². The number of allylic oxidation sites excluding steroid dienone is 5. The number of ether oxygens (including phenoxy) is 1. The van der Waals surface area contributed by atoms with Crippen LogP contribution in [0.15, 0.2) is 52.9 Å². The number of aryl methyl sites for hydroxylation is 2. The Labute approximate surface area is 170 Å². The Morgan fingerprint density at radius 1 is 1.21 bits per heavy atom. The molecule has 1 aromatic carbocycles. The maximum absolute atomic E-state index is 11.1. The molecule has 158 valence electrons. The zero-order valence-corrected chi connectivity index (χ0v) is 18.1. The van der Waals surface area contributed by atoms with E-state index in [2.05, 4.69) is 24.3 Å². The normalized spacial score (nSPS) is 13.5. The molecular weight excluding hydrogens is 395 g/mol. The highest BCUT2D eigenvalue weighted by Crippen LogP contribution is 2.37. The number of hydrogen-bond acceptors (Lipinski definition) is 5. The van der Waals surface area contributed by atoms with E-state index in [1.165, 1.54) is 7.11 Å². The Hall–Kier alpha value is -2.54. The van der Waals surface area contributed by atoms with Crippen LogP contribution in [0.4, 0.5) is 10.5 Å².